The average Bonchev–Trinajstić information content (AvgIpc) is 3.02. The molecule has 0 aliphatic carbocycles. The van der Waals surface area contributed by atoms with Crippen LogP contribution in [0.25, 0.3) is 0 Å². The van der Waals surface area contributed by atoms with Crippen molar-refractivity contribution < 1.29 is 49.1 Å². The van der Waals surface area contributed by atoms with Gasteiger partial charge in [-0.2, -0.15) is 0 Å². The van der Waals surface area contributed by atoms with Crippen LogP contribution in [0.1, 0.15) is 65.2 Å². The van der Waals surface area contributed by atoms with Crippen LogP contribution in [0.3, 0.4) is 0 Å². The maximum atomic E-state index is 12.4. The molecule has 1 aliphatic rings. The number of hydrogen-bond donors (Lipinski definition) is 8. The summed E-state index contributed by atoms with van der Waals surface area (Å²) in [6, 6.07) is -1.62. The SMILES string of the molecule is CCCCCCCCC(=O)NC(C)(COP(=O)(O)C[C@H](O)C[C@H]1N[C@H](CO)[C@@H](O)[C@@H]1O)C(=O)O. The molecule has 8 N–H and O–H groups in total. The molecular formula is C21H41N2O10P. The van der Waals surface area contributed by atoms with Gasteiger partial charge in [0.15, 0.2) is 5.54 Å². The standard InChI is InChI=1S/C21H41N2O10P/c1-3-4-5-6-7-8-9-17(26)23-21(2,20(29)30)13-33-34(31,32)12-14(25)10-15-18(27)19(28)16(11-24)22-15/h14-16,18-19,22,24-25,27-28H,3-13H2,1-2H3,(H,23,26)(H,29,30)(H,31,32)/t14-,15-,16-,18-,19-,21?/m1/s1. The highest BCUT2D eigenvalue weighted by Crippen LogP contribution is 2.44. The highest BCUT2D eigenvalue weighted by atomic mass is 31.2. The van der Waals surface area contributed by atoms with Crippen LogP contribution in [-0.2, 0) is 18.7 Å². The third-order valence-electron chi connectivity index (χ3n) is 5.97. The van der Waals surface area contributed by atoms with E-state index in [1.807, 2.05) is 0 Å². The summed E-state index contributed by atoms with van der Waals surface area (Å²) in [5.41, 5.74) is -1.94. The second-order valence-corrected chi connectivity index (χ2v) is 11.1. The van der Waals surface area contributed by atoms with Crippen molar-refractivity contribution >= 4 is 19.5 Å². The van der Waals surface area contributed by atoms with Crippen molar-refractivity contribution in [1.82, 2.24) is 10.6 Å². The Balaban J connectivity index is 2.53. The minimum Gasteiger partial charge on any atom is -0.479 e. The zero-order chi connectivity index (χ0) is 25.9. The molecule has 200 valence electrons. The van der Waals surface area contributed by atoms with Gasteiger partial charge in [-0.1, -0.05) is 39.0 Å². The molecule has 1 amide bonds. The summed E-state index contributed by atoms with van der Waals surface area (Å²) < 4.78 is 17.3. The maximum Gasteiger partial charge on any atom is 0.331 e. The number of carboxylic acid groups (broad SMARTS) is 1. The lowest BCUT2D eigenvalue weighted by atomic mass is 10.0. The van der Waals surface area contributed by atoms with Gasteiger partial charge in [0.25, 0.3) is 0 Å². The van der Waals surface area contributed by atoms with Crippen molar-refractivity contribution in [3.63, 3.8) is 0 Å². The number of hydrogen-bond acceptors (Lipinski definition) is 9. The molecule has 34 heavy (non-hydrogen) atoms. The van der Waals surface area contributed by atoms with Crippen molar-refractivity contribution in [3.8, 4) is 0 Å². The average molecular weight is 513 g/mol. The van der Waals surface area contributed by atoms with Gasteiger partial charge in [0.2, 0.25) is 5.91 Å². The lowest BCUT2D eigenvalue weighted by Crippen LogP contribution is -2.55. The van der Waals surface area contributed by atoms with Gasteiger partial charge in [-0.15, -0.1) is 0 Å². The first-order valence-corrected chi connectivity index (χ1v) is 13.5. The van der Waals surface area contributed by atoms with Crippen molar-refractivity contribution in [3.05, 3.63) is 0 Å². The number of amides is 1. The first-order valence-electron chi connectivity index (χ1n) is 11.8. The van der Waals surface area contributed by atoms with E-state index in [1.54, 1.807) is 0 Å². The molecule has 2 unspecified atom stereocenters. The van der Waals surface area contributed by atoms with Crippen LogP contribution in [0.5, 0.6) is 0 Å². The third kappa shape index (κ3) is 10.2. The summed E-state index contributed by atoms with van der Waals surface area (Å²) in [6.45, 7) is 2.04. The zero-order valence-electron chi connectivity index (χ0n) is 19.9. The van der Waals surface area contributed by atoms with Crippen molar-refractivity contribution in [2.24, 2.45) is 0 Å². The van der Waals surface area contributed by atoms with Gasteiger partial charge in [-0.25, -0.2) is 4.79 Å². The van der Waals surface area contributed by atoms with Gasteiger partial charge >= 0.3 is 13.6 Å². The van der Waals surface area contributed by atoms with Crippen molar-refractivity contribution in [2.45, 2.75) is 101 Å². The fourth-order valence-electron chi connectivity index (χ4n) is 3.82. The molecule has 13 heteroatoms. The minimum atomic E-state index is -4.47. The number of unbranched alkanes of at least 4 members (excludes halogenated alkanes) is 5. The fraction of sp³-hybridized carbons (Fsp3) is 0.905. The summed E-state index contributed by atoms with van der Waals surface area (Å²) in [7, 11) is -4.47. The number of carbonyl (C=O) groups is 2. The van der Waals surface area contributed by atoms with Gasteiger partial charge in [0, 0.05) is 12.5 Å². The first-order chi connectivity index (χ1) is 15.8. The maximum absolute atomic E-state index is 12.4. The van der Waals surface area contributed by atoms with Crippen LogP contribution < -0.4 is 10.6 Å². The summed E-state index contributed by atoms with van der Waals surface area (Å²) in [4.78, 5) is 34.0. The number of carboxylic acids is 1. The van der Waals surface area contributed by atoms with E-state index in [4.69, 9.17) is 9.63 Å². The molecule has 1 rings (SSSR count). The molecule has 0 saturated carbocycles. The van der Waals surface area contributed by atoms with Gasteiger partial charge in [-0.05, 0) is 19.8 Å². The van der Waals surface area contributed by atoms with E-state index in [2.05, 4.69) is 17.6 Å². The molecule has 0 radical (unpaired) electrons. The molecule has 0 aromatic carbocycles. The zero-order valence-corrected chi connectivity index (χ0v) is 20.8. The molecule has 7 atom stereocenters. The number of carbonyl (C=O) groups excluding carboxylic acids is 1. The van der Waals surface area contributed by atoms with Crippen LogP contribution in [0.2, 0.25) is 0 Å². The molecule has 1 heterocycles. The van der Waals surface area contributed by atoms with Gasteiger partial charge in [0.1, 0.15) is 0 Å². The van der Waals surface area contributed by atoms with Crippen LogP contribution in [0, 0.1) is 0 Å². The van der Waals surface area contributed by atoms with Crippen LogP contribution in [-0.4, -0.2) is 97.6 Å². The Morgan fingerprint density at radius 2 is 1.71 bits per heavy atom. The van der Waals surface area contributed by atoms with Crippen LogP contribution >= 0.6 is 7.60 Å². The van der Waals surface area contributed by atoms with Crippen molar-refractivity contribution in [2.75, 3.05) is 19.4 Å². The van der Waals surface area contributed by atoms with E-state index in [9.17, 15) is 39.5 Å². The van der Waals surface area contributed by atoms with E-state index in [1.165, 1.54) is 6.92 Å². The molecule has 12 nitrogen and oxygen atoms in total. The van der Waals surface area contributed by atoms with Gasteiger partial charge in [-0.3, -0.25) is 9.36 Å². The van der Waals surface area contributed by atoms with Crippen LogP contribution in [0.15, 0.2) is 0 Å². The summed E-state index contributed by atoms with van der Waals surface area (Å²) in [5, 5.41) is 53.7. The van der Waals surface area contributed by atoms with E-state index in [0.717, 1.165) is 32.1 Å². The third-order valence-corrected chi connectivity index (χ3v) is 7.38. The predicted octanol–water partition coefficient (Wildman–Crippen LogP) is -0.296. The Morgan fingerprint density at radius 3 is 2.26 bits per heavy atom. The number of aliphatic hydroxyl groups is 4. The molecular weight excluding hydrogens is 471 g/mol. The molecule has 1 fully saturated rings. The number of aliphatic carboxylic acids is 1. The smallest absolute Gasteiger partial charge is 0.331 e. The Bertz CT molecular complexity index is 696. The van der Waals surface area contributed by atoms with Gasteiger partial charge in [0.05, 0.1) is 43.7 Å². The molecule has 0 aromatic heterocycles. The van der Waals surface area contributed by atoms with Crippen LogP contribution in [0.4, 0.5) is 0 Å². The quantitative estimate of drug-likeness (QED) is 0.0938. The Hall–Kier alpha value is -1.11. The lowest BCUT2D eigenvalue weighted by Gasteiger charge is -2.28. The largest absolute Gasteiger partial charge is 0.479 e. The topological polar surface area (TPSA) is 206 Å². The molecule has 0 aromatic rings. The second kappa shape index (κ2) is 14.4. The van der Waals surface area contributed by atoms with Crippen molar-refractivity contribution in [1.29, 1.82) is 0 Å². The molecule has 1 aliphatic heterocycles. The van der Waals surface area contributed by atoms with E-state index in [-0.39, 0.29) is 12.8 Å². The van der Waals surface area contributed by atoms with E-state index in [0.29, 0.717) is 6.42 Å². The Kier molecular flexibility index (Phi) is 13.1. The fourth-order valence-corrected chi connectivity index (χ4v) is 5.07. The number of aliphatic hydroxyl groups excluding tert-OH is 4. The second-order valence-electron chi connectivity index (χ2n) is 9.23. The first kappa shape index (κ1) is 30.9. The normalized spacial score (nSPS) is 27.0. The summed E-state index contributed by atoms with van der Waals surface area (Å²) >= 11 is 0. The molecule has 0 bridgehead atoms. The predicted molar refractivity (Wildman–Crippen MR) is 123 cm³/mol. The van der Waals surface area contributed by atoms with Gasteiger partial charge < -0.3 is 45.6 Å². The highest BCUT2D eigenvalue weighted by molar-refractivity contribution is 7.52. The minimum absolute atomic E-state index is 0.127. The molecule has 1 saturated heterocycles. The molecule has 0 spiro atoms. The Morgan fingerprint density at radius 1 is 1.12 bits per heavy atom. The highest BCUT2D eigenvalue weighted by Gasteiger charge is 2.42. The summed E-state index contributed by atoms with van der Waals surface area (Å²) in [5.74, 6) is -1.94. The Labute approximate surface area is 200 Å². The lowest BCUT2D eigenvalue weighted by molar-refractivity contribution is -0.148. The number of nitrogens with one attached hydrogen (secondary N) is 2. The number of rotatable bonds is 17. The van der Waals surface area contributed by atoms with E-state index < -0.39 is 74.8 Å². The monoisotopic (exact) mass is 512 g/mol. The summed E-state index contributed by atoms with van der Waals surface area (Å²) in [6.07, 6.45) is 0.939. The van der Waals surface area contributed by atoms with E-state index >= 15 is 0 Å².